The molecule has 0 aliphatic carbocycles. The van der Waals surface area contributed by atoms with E-state index < -0.39 is 0 Å². The molecule has 33 heavy (non-hydrogen) atoms. The molecule has 0 saturated heterocycles. The Morgan fingerprint density at radius 1 is 0.455 bits per heavy atom. The Kier molecular flexibility index (Phi) is 5.81. The summed E-state index contributed by atoms with van der Waals surface area (Å²) in [4.78, 5) is 0. The molecule has 0 unspecified atom stereocenters. The number of phenolic OH excluding ortho intramolecular Hbond substituents is 1. The van der Waals surface area contributed by atoms with E-state index in [2.05, 4.69) is 78.9 Å². The van der Waals surface area contributed by atoms with E-state index >= 15 is 0 Å². The minimum absolute atomic E-state index is 0.271. The van der Waals surface area contributed by atoms with Gasteiger partial charge in [-0.1, -0.05) is 84.9 Å². The van der Waals surface area contributed by atoms with Crippen LogP contribution in [0.2, 0.25) is 0 Å². The third kappa shape index (κ3) is 4.91. The van der Waals surface area contributed by atoms with E-state index in [1.54, 1.807) is 12.1 Å². The smallest absolute Gasteiger partial charge is 0.361 e. The van der Waals surface area contributed by atoms with Gasteiger partial charge in [0.1, 0.15) is 5.75 Å². The molecule has 0 aliphatic rings. The van der Waals surface area contributed by atoms with Crippen LogP contribution in [-0.4, -0.2) is 5.11 Å². The van der Waals surface area contributed by atoms with Crippen molar-refractivity contribution in [2.75, 3.05) is 0 Å². The van der Waals surface area contributed by atoms with Crippen molar-refractivity contribution in [1.82, 2.24) is 0 Å². The van der Waals surface area contributed by atoms with Crippen molar-refractivity contribution in [2.45, 2.75) is 0 Å². The van der Waals surface area contributed by atoms with E-state index in [-0.39, 0.29) is 5.75 Å². The predicted octanol–water partition coefficient (Wildman–Crippen LogP) is 8.44. The minimum atomic E-state index is 0.271. The van der Waals surface area contributed by atoms with Crippen molar-refractivity contribution in [3.05, 3.63) is 132 Å². The number of hydrogen-bond donors (Lipinski definition) is 1. The molecular weight excluding hydrogens is 404 g/mol. The SMILES string of the molecule is Oc1ccc(C=Cc2ccc(-c3cc(-c4ccccc4)cc(-c4ccccc4)[o+]3)cc2)cc1. The molecule has 0 bridgehead atoms. The average molecular weight is 428 g/mol. The fourth-order valence-corrected chi connectivity index (χ4v) is 3.72. The van der Waals surface area contributed by atoms with Crippen LogP contribution in [0, 0.1) is 0 Å². The Hall–Kier alpha value is -4.43. The molecule has 0 radical (unpaired) electrons. The van der Waals surface area contributed by atoms with Gasteiger partial charge < -0.3 is 5.11 Å². The zero-order valence-electron chi connectivity index (χ0n) is 18.1. The van der Waals surface area contributed by atoms with Gasteiger partial charge in [0.15, 0.2) is 0 Å². The minimum Gasteiger partial charge on any atom is -0.508 e. The van der Waals surface area contributed by atoms with E-state index in [0.717, 1.165) is 44.9 Å². The Morgan fingerprint density at radius 3 is 1.45 bits per heavy atom. The molecule has 4 aromatic carbocycles. The zero-order valence-corrected chi connectivity index (χ0v) is 18.1. The van der Waals surface area contributed by atoms with Gasteiger partial charge >= 0.3 is 11.5 Å². The van der Waals surface area contributed by atoms with Gasteiger partial charge in [-0.15, -0.1) is 0 Å². The second-order valence-corrected chi connectivity index (χ2v) is 7.85. The quantitative estimate of drug-likeness (QED) is 0.225. The first-order valence-corrected chi connectivity index (χ1v) is 10.9. The van der Waals surface area contributed by atoms with Crippen molar-refractivity contribution >= 4 is 12.2 Å². The molecular formula is C31H23O2+. The summed E-state index contributed by atoms with van der Waals surface area (Å²) in [5.74, 6) is 1.93. The van der Waals surface area contributed by atoms with Crippen LogP contribution in [0.3, 0.4) is 0 Å². The number of phenols is 1. The molecule has 2 nitrogen and oxygen atoms in total. The van der Waals surface area contributed by atoms with Crippen LogP contribution in [-0.2, 0) is 0 Å². The van der Waals surface area contributed by atoms with Gasteiger partial charge in [-0.3, -0.25) is 0 Å². The summed E-state index contributed by atoms with van der Waals surface area (Å²) in [5.41, 5.74) is 6.47. The van der Waals surface area contributed by atoms with E-state index in [1.165, 1.54) is 0 Å². The lowest BCUT2D eigenvalue weighted by molar-refractivity contribution is 0.475. The summed E-state index contributed by atoms with van der Waals surface area (Å²) in [6, 6.07) is 40.2. The summed E-state index contributed by atoms with van der Waals surface area (Å²) in [6.45, 7) is 0. The Balaban J connectivity index is 1.49. The number of rotatable bonds is 5. The van der Waals surface area contributed by atoms with E-state index in [4.69, 9.17) is 4.42 Å². The van der Waals surface area contributed by atoms with E-state index in [1.807, 2.05) is 42.5 Å². The monoisotopic (exact) mass is 427 g/mol. The van der Waals surface area contributed by atoms with Gasteiger partial charge in [0.25, 0.3) is 0 Å². The maximum absolute atomic E-state index is 9.43. The van der Waals surface area contributed by atoms with E-state index in [9.17, 15) is 5.11 Å². The summed E-state index contributed by atoms with van der Waals surface area (Å²) >= 11 is 0. The summed E-state index contributed by atoms with van der Waals surface area (Å²) in [5, 5.41) is 9.43. The van der Waals surface area contributed by atoms with Crippen molar-refractivity contribution in [2.24, 2.45) is 0 Å². The largest absolute Gasteiger partial charge is 0.508 e. The molecule has 2 heteroatoms. The zero-order chi connectivity index (χ0) is 22.5. The standard InChI is InChI=1S/C31H22O2/c32-29-19-15-24(16-20-29)12-11-23-13-17-27(18-14-23)31-22-28(25-7-3-1-4-8-25)21-30(33-31)26-9-5-2-6-10-26/h1-22H/p+1. The first-order chi connectivity index (χ1) is 16.2. The van der Waals surface area contributed by atoms with Gasteiger partial charge in [-0.2, -0.15) is 0 Å². The van der Waals surface area contributed by atoms with Crippen LogP contribution < -0.4 is 0 Å². The van der Waals surface area contributed by atoms with Crippen molar-refractivity contribution in [1.29, 1.82) is 0 Å². The van der Waals surface area contributed by atoms with Crippen LogP contribution in [0.5, 0.6) is 5.75 Å². The Morgan fingerprint density at radius 2 is 0.909 bits per heavy atom. The van der Waals surface area contributed by atoms with Gasteiger partial charge in [0.2, 0.25) is 0 Å². The third-order valence-corrected chi connectivity index (χ3v) is 5.52. The highest BCUT2D eigenvalue weighted by Crippen LogP contribution is 2.33. The predicted molar refractivity (Wildman–Crippen MR) is 136 cm³/mol. The van der Waals surface area contributed by atoms with Crippen LogP contribution in [0.15, 0.2) is 126 Å². The topological polar surface area (TPSA) is 31.5 Å². The van der Waals surface area contributed by atoms with Crippen molar-refractivity contribution in [3.63, 3.8) is 0 Å². The fraction of sp³-hybridized carbons (Fsp3) is 0. The second kappa shape index (κ2) is 9.37. The highest BCUT2D eigenvalue weighted by Gasteiger charge is 2.20. The molecule has 0 aliphatic heterocycles. The first kappa shape index (κ1) is 20.5. The van der Waals surface area contributed by atoms with Gasteiger partial charge in [0.05, 0.1) is 23.3 Å². The van der Waals surface area contributed by atoms with Crippen molar-refractivity contribution in [3.8, 4) is 39.5 Å². The summed E-state index contributed by atoms with van der Waals surface area (Å²) in [6.07, 6.45) is 4.09. The van der Waals surface area contributed by atoms with Crippen LogP contribution in [0.1, 0.15) is 11.1 Å². The number of benzene rings is 4. The lowest BCUT2D eigenvalue weighted by Crippen LogP contribution is -1.86. The Bertz CT molecular complexity index is 1310. The molecule has 0 spiro atoms. The highest BCUT2D eigenvalue weighted by molar-refractivity contribution is 5.76. The molecule has 5 rings (SSSR count). The third-order valence-electron chi connectivity index (χ3n) is 5.52. The lowest BCUT2D eigenvalue weighted by atomic mass is 10.0. The highest BCUT2D eigenvalue weighted by atomic mass is 16.3. The second-order valence-electron chi connectivity index (χ2n) is 7.85. The summed E-state index contributed by atoms with van der Waals surface area (Å²) < 4.78 is 6.35. The van der Waals surface area contributed by atoms with E-state index in [0.29, 0.717) is 0 Å². The number of aromatic hydroxyl groups is 1. The molecule has 1 N–H and O–H groups in total. The normalized spacial score (nSPS) is 11.0. The first-order valence-electron chi connectivity index (χ1n) is 10.9. The summed E-state index contributed by atoms with van der Waals surface area (Å²) in [7, 11) is 0. The molecule has 0 saturated carbocycles. The van der Waals surface area contributed by atoms with Crippen LogP contribution in [0.25, 0.3) is 45.9 Å². The molecule has 0 amide bonds. The average Bonchev–Trinajstić information content (AvgIpc) is 2.89. The van der Waals surface area contributed by atoms with Gasteiger partial charge in [0, 0.05) is 5.56 Å². The molecule has 0 atom stereocenters. The fourth-order valence-electron chi connectivity index (χ4n) is 3.72. The molecule has 1 aromatic heterocycles. The lowest BCUT2D eigenvalue weighted by Gasteiger charge is -2.02. The molecule has 1 heterocycles. The number of hydrogen-bond acceptors (Lipinski definition) is 1. The Labute approximate surface area is 193 Å². The van der Waals surface area contributed by atoms with Gasteiger partial charge in [-0.05, 0) is 53.1 Å². The van der Waals surface area contributed by atoms with Crippen LogP contribution >= 0.6 is 0 Å². The van der Waals surface area contributed by atoms with Gasteiger partial charge in [-0.25, -0.2) is 4.42 Å². The molecule has 0 fully saturated rings. The van der Waals surface area contributed by atoms with Crippen LogP contribution in [0.4, 0.5) is 0 Å². The van der Waals surface area contributed by atoms with Crippen molar-refractivity contribution < 1.29 is 9.52 Å². The maximum atomic E-state index is 9.43. The molecule has 5 aromatic rings. The maximum Gasteiger partial charge on any atom is 0.361 e. The molecule has 158 valence electrons.